The largest absolute Gasteiger partial charge is 0.396 e. The Morgan fingerprint density at radius 1 is 1.38 bits per heavy atom. The molecule has 2 rings (SSSR count). The van der Waals surface area contributed by atoms with E-state index in [1.54, 1.807) is 20.8 Å². The molecule has 0 spiro atoms. The van der Waals surface area contributed by atoms with Gasteiger partial charge in [0, 0.05) is 6.54 Å². The number of benzene rings is 1. The maximum Gasteiger partial charge on any atom is 0.267 e. The Labute approximate surface area is 122 Å². The predicted octanol–water partition coefficient (Wildman–Crippen LogP) is 1.96. The van der Waals surface area contributed by atoms with E-state index in [-0.39, 0.29) is 17.1 Å². The van der Waals surface area contributed by atoms with E-state index in [0.29, 0.717) is 17.1 Å². The third kappa shape index (κ3) is 2.58. The van der Waals surface area contributed by atoms with Gasteiger partial charge in [0.1, 0.15) is 10.7 Å². The van der Waals surface area contributed by atoms with Crippen LogP contribution in [0, 0.1) is 19.7 Å². The number of nitrogens with zero attached hydrogens (tertiary/aromatic N) is 2. The van der Waals surface area contributed by atoms with Crippen LogP contribution in [0.15, 0.2) is 23.1 Å². The average Bonchev–Trinajstić information content (AvgIpc) is 2.74. The molecular formula is C13H17FN4O2S. The highest BCUT2D eigenvalue weighted by Gasteiger charge is 2.29. The quantitative estimate of drug-likeness (QED) is 0.844. The van der Waals surface area contributed by atoms with Gasteiger partial charge in [-0.15, -0.1) is 0 Å². The van der Waals surface area contributed by atoms with Crippen molar-refractivity contribution in [1.82, 2.24) is 10.2 Å². The molecule has 0 saturated heterocycles. The van der Waals surface area contributed by atoms with Gasteiger partial charge in [-0.05, 0) is 39.0 Å². The van der Waals surface area contributed by atoms with Crippen LogP contribution in [0.4, 0.5) is 15.8 Å². The topological polar surface area (TPSA) is 92.1 Å². The predicted molar refractivity (Wildman–Crippen MR) is 79.1 cm³/mol. The van der Waals surface area contributed by atoms with Gasteiger partial charge >= 0.3 is 0 Å². The van der Waals surface area contributed by atoms with Crippen molar-refractivity contribution in [1.29, 1.82) is 0 Å². The zero-order chi connectivity index (χ0) is 15.8. The standard InChI is InChI=1S/C13H17FN4O2S/c1-4-18(10-5-6-11(14)12(15)7-10)21(19,20)13-8(2)16-17-9(13)3/h5-7H,4,15H2,1-3H3,(H,16,17). The normalized spacial score (nSPS) is 11.6. The number of sulfonamides is 1. The number of aromatic nitrogens is 2. The summed E-state index contributed by atoms with van der Waals surface area (Å²) in [5, 5.41) is 6.56. The van der Waals surface area contributed by atoms with Crippen LogP contribution in [0.1, 0.15) is 18.3 Å². The molecule has 0 amide bonds. The molecule has 0 saturated carbocycles. The molecule has 0 aliphatic carbocycles. The molecule has 0 aliphatic rings. The molecule has 1 heterocycles. The summed E-state index contributed by atoms with van der Waals surface area (Å²) in [4.78, 5) is 0.132. The molecule has 0 unspecified atom stereocenters. The molecule has 1 aromatic heterocycles. The summed E-state index contributed by atoms with van der Waals surface area (Å²) in [6.07, 6.45) is 0. The van der Waals surface area contributed by atoms with E-state index in [1.807, 2.05) is 0 Å². The Hall–Kier alpha value is -2.09. The van der Waals surface area contributed by atoms with Crippen LogP contribution in [0.25, 0.3) is 0 Å². The number of rotatable bonds is 4. The third-order valence-electron chi connectivity index (χ3n) is 3.16. The van der Waals surface area contributed by atoms with Gasteiger partial charge < -0.3 is 5.73 Å². The Bertz CT molecular complexity index is 751. The smallest absolute Gasteiger partial charge is 0.267 e. The van der Waals surface area contributed by atoms with E-state index < -0.39 is 15.8 Å². The first-order chi connectivity index (χ1) is 9.78. The first-order valence-electron chi connectivity index (χ1n) is 6.38. The first-order valence-corrected chi connectivity index (χ1v) is 7.82. The van der Waals surface area contributed by atoms with Crippen molar-refractivity contribution >= 4 is 21.4 Å². The summed E-state index contributed by atoms with van der Waals surface area (Å²) >= 11 is 0. The molecule has 3 N–H and O–H groups in total. The van der Waals surface area contributed by atoms with Gasteiger partial charge in [0.25, 0.3) is 10.0 Å². The molecule has 1 aromatic carbocycles. The number of halogens is 1. The fourth-order valence-corrected chi connectivity index (χ4v) is 4.01. The van der Waals surface area contributed by atoms with Crippen molar-refractivity contribution in [3.63, 3.8) is 0 Å². The lowest BCUT2D eigenvalue weighted by molar-refractivity contribution is 0.590. The number of H-pyrrole nitrogens is 1. The maximum absolute atomic E-state index is 13.3. The highest BCUT2D eigenvalue weighted by Crippen LogP contribution is 2.28. The van der Waals surface area contributed by atoms with Crippen molar-refractivity contribution in [3.8, 4) is 0 Å². The number of aryl methyl sites for hydroxylation is 2. The van der Waals surface area contributed by atoms with Crippen LogP contribution >= 0.6 is 0 Å². The van der Waals surface area contributed by atoms with Crippen molar-refractivity contribution in [3.05, 3.63) is 35.4 Å². The molecule has 21 heavy (non-hydrogen) atoms. The van der Waals surface area contributed by atoms with Crippen LogP contribution in [-0.2, 0) is 10.0 Å². The van der Waals surface area contributed by atoms with E-state index in [4.69, 9.17) is 5.73 Å². The SMILES string of the molecule is CCN(c1ccc(F)c(N)c1)S(=O)(=O)c1c(C)n[nH]c1C. The second-order valence-electron chi connectivity index (χ2n) is 4.64. The molecular weight excluding hydrogens is 295 g/mol. The maximum atomic E-state index is 13.3. The van der Waals surface area contributed by atoms with Gasteiger partial charge in [-0.1, -0.05) is 0 Å². The van der Waals surface area contributed by atoms with E-state index in [1.165, 1.54) is 16.4 Å². The molecule has 0 aliphatic heterocycles. The lowest BCUT2D eigenvalue weighted by atomic mass is 10.2. The number of anilines is 2. The fraction of sp³-hybridized carbons (Fsp3) is 0.308. The van der Waals surface area contributed by atoms with Crippen LogP contribution in [-0.4, -0.2) is 25.2 Å². The first kappa shape index (κ1) is 15.3. The van der Waals surface area contributed by atoms with Crippen LogP contribution in [0.5, 0.6) is 0 Å². The van der Waals surface area contributed by atoms with Crippen LogP contribution < -0.4 is 10.0 Å². The van der Waals surface area contributed by atoms with Crippen molar-refractivity contribution in [2.75, 3.05) is 16.6 Å². The number of nitrogens with one attached hydrogen (secondary N) is 1. The highest BCUT2D eigenvalue weighted by molar-refractivity contribution is 7.93. The second kappa shape index (κ2) is 5.36. The van der Waals surface area contributed by atoms with Crippen LogP contribution in [0.3, 0.4) is 0 Å². The van der Waals surface area contributed by atoms with E-state index in [9.17, 15) is 12.8 Å². The molecule has 0 fully saturated rings. The van der Waals surface area contributed by atoms with Crippen LogP contribution in [0.2, 0.25) is 0 Å². The van der Waals surface area contributed by atoms with Gasteiger partial charge in [0.2, 0.25) is 0 Å². The average molecular weight is 312 g/mol. The lowest BCUT2D eigenvalue weighted by Crippen LogP contribution is -2.31. The van der Waals surface area contributed by atoms with Crippen molar-refractivity contribution in [2.24, 2.45) is 0 Å². The van der Waals surface area contributed by atoms with Gasteiger partial charge in [-0.3, -0.25) is 9.40 Å². The highest BCUT2D eigenvalue weighted by atomic mass is 32.2. The number of hydrogen-bond donors (Lipinski definition) is 2. The Morgan fingerprint density at radius 2 is 2.05 bits per heavy atom. The summed E-state index contributed by atoms with van der Waals surface area (Å²) in [5.74, 6) is -0.581. The minimum Gasteiger partial charge on any atom is -0.396 e. The van der Waals surface area contributed by atoms with Gasteiger partial charge in [-0.25, -0.2) is 12.8 Å². The van der Waals surface area contributed by atoms with Crippen molar-refractivity contribution in [2.45, 2.75) is 25.7 Å². The van der Waals surface area contributed by atoms with Gasteiger partial charge in [0.05, 0.1) is 22.8 Å². The second-order valence-corrected chi connectivity index (χ2v) is 6.44. The lowest BCUT2D eigenvalue weighted by Gasteiger charge is -2.23. The zero-order valence-corrected chi connectivity index (χ0v) is 12.8. The number of nitrogen functional groups attached to an aromatic ring is 1. The van der Waals surface area contributed by atoms with E-state index in [0.717, 1.165) is 6.07 Å². The number of aromatic amines is 1. The fourth-order valence-electron chi connectivity index (χ4n) is 2.21. The number of hydrogen-bond acceptors (Lipinski definition) is 4. The summed E-state index contributed by atoms with van der Waals surface area (Å²) in [6, 6.07) is 3.84. The molecule has 6 nitrogen and oxygen atoms in total. The zero-order valence-electron chi connectivity index (χ0n) is 12.0. The summed E-state index contributed by atoms with van der Waals surface area (Å²) in [6.45, 7) is 5.14. The summed E-state index contributed by atoms with van der Waals surface area (Å²) in [7, 11) is -3.79. The van der Waals surface area contributed by atoms with E-state index >= 15 is 0 Å². The van der Waals surface area contributed by atoms with E-state index in [2.05, 4.69) is 10.2 Å². The Kier molecular flexibility index (Phi) is 3.91. The minimum atomic E-state index is -3.79. The summed E-state index contributed by atoms with van der Waals surface area (Å²) < 4.78 is 40.0. The molecule has 114 valence electrons. The molecule has 2 aromatic rings. The van der Waals surface area contributed by atoms with Crippen molar-refractivity contribution < 1.29 is 12.8 Å². The molecule has 0 bridgehead atoms. The Balaban J connectivity index is 2.57. The summed E-state index contributed by atoms with van der Waals surface area (Å²) in [5.41, 5.74) is 6.59. The van der Waals surface area contributed by atoms with Gasteiger partial charge in [0.15, 0.2) is 0 Å². The monoisotopic (exact) mass is 312 g/mol. The Morgan fingerprint density at radius 3 is 2.52 bits per heavy atom. The molecule has 8 heteroatoms. The molecule has 0 radical (unpaired) electrons. The third-order valence-corrected chi connectivity index (χ3v) is 5.33. The minimum absolute atomic E-state index is 0.0956. The van der Waals surface area contributed by atoms with Gasteiger partial charge in [-0.2, -0.15) is 5.10 Å². The number of nitrogens with two attached hydrogens (primary N) is 1. The molecule has 0 atom stereocenters.